The van der Waals surface area contributed by atoms with Crippen molar-refractivity contribution < 1.29 is 19.1 Å². The van der Waals surface area contributed by atoms with Crippen molar-refractivity contribution in [2.24, 2.45) is 0 Å². The number of para-hydroxylation sites is 1. The highest BCUT2D eigenvalue weighted by Gasteiger charge is 2.25. The molecule has 0 aliphatic carbocycles. The summed E-state index contributed by atoms with van der Waals surface area (Å²) in [6.45, 7) is 7.79. The zero-order chi connectivity index (χ0) is 16.9. The number of nitrogens with one attached hydrogen (secondary N) is 1. The highest BCUT2D eigenvalue weighted by molar-refractivity contribution is 6.02. The molecule has 0 spiro atoms. The summed E-state index contributed by atoms with van der Waals surface area (Å²) in [5.41, 5.74) is 0.769. The predicted octanol–water partition coefficient (Wildman–Crippen LogP) is 2.72. The summed E-state index contributed by atoms with van der Waals surface area (Å²) in [5.74, 6) is -1.17. The number of esters is 1. The van der Waals surface area contributed by atoms with Gasteiger partial charge < -0.3 is 10.1 Å². The molecule has 120 valence electrons. The Morgan fingerprint density at radius 3 is 2.27 bits per heavy atom. The Labute approximate surface area is 130 Å². The number of benzene rings is 1. The maximum atomic E-state index is 12.2. The molecule has 0 aliphatic heterocycles. The lowest BCUT2D eigenvalue weighted by Crippen LogP contribution is -2.43. The third-order valence-electron chi connectivity index (χ3n) is 2.72. The zero-order valence-electron chi connectivity index (χ0n) is 13.6. The molecule has 1 aromatic rings. The van der Waals surface area contributed by atoms with Gasteiger partial charge in [0.05, 0.1) is 0 Å². The lowest BCUT2D eigenvalue weighted by Gasteiger charge is -2.23. The molecule has 0 bridgehead atoms. The molecule has 0 unspecified atom stereocenters. The number of imide groups is 1. The summed E-state index contributed by atoms with van der Waals surface area (Å²) < 4.78 is 5.13. The summed E-state index contributed by atoms with van der Waals surface area (Å²) >= 11 is 0. The Morgan fingerprint density at radius 1 is 1.18 bits per heavy atom. The van der Waals surface area contributed by atoms with Gasteiger partial charge in [-0.1, -0.05) is 18.2 Å². The van der Waals surface area contributed by atoms with E-state index < -0.39 is 30.1 Å². The standard InChI is InChI=1S/C16H22N2O4/c1-11-8-6-7-9-13(11)17-15(21)18(12(2)19)10-14(20)22-16(3,4)5/h6-9H,10H2,1-5H3,(H,17,21). The molecule has 0 heterocycles. The smallest absolute Gasteiger partial charge is 0.329 e. The number of rotatable bonds is 3. The van der Waals surface area contributed by atoms with E-state index in [1.807, 2.05) is 19.1 Å². The van der Waals surface area contributed by atoms with Gasteiger partial charge >= 0.3 is 12.0 Å². The van der Waals surface area contributed by atoms with Gasteiger partial charge in [-0.25, -0.2) is 4.79 Å². The van der Waals surface area contributed by atoms with Gasteiger partial charge in [-0.3, -0.25) is 14.5 Å². The monoisotopic (exact) mass is 306 g/mol. The van der Waals surface area contributed by atoms with Gasteiger partial charge in [0, 0.05) is 12.6 Å². The third-order valence-corrected chi connectivity index (χ3v) is 2.72. The van der Waals surface area contributed by atoms with Crippen LogP contribution in [0.4, 0.5) is 10.5 Å². The number of ether oxygens (including phenoxy) is 1. The third kappa shape index (κ3) is 5.55. The van der Waals surface area contributed by atoms with Gasteiger partial charge in [0.25, 0.3) is 0 Å². The van der Waals surface area contributed by atoms with Gasteiger partial charge in [0.1, 0.15) is 12.1 Å². The minimum atomic E-state index is -0.675. The fourth-order valence-electron chi connectivity index (χ4n) is 1.72. The van der Waals surface area contributed by atoms with Crippen molar-refractivity contribution in [3.05, 3.63) is 29.8 Å². The number of carbonyl (C=O) groups excluding carboxylic acids is 3. The van der Waals surface area contributed by atoms with Crippen molar-refractivity contribution >= 4 is 23.6 Å². The van der Waals surface area contributed by atoms with E-state index in [2.05, 4.69) is 5.32 Å². The molecule has 6 nitrogen and oxygen atoms in total. The predicted molar refractivity (Wildman–Crippen MR) is 83.4 cm³/mol. The number of aryl methyl sites for hydroxylation is 1. The minimum absolute atomic E-state index is 0.426. The normalized spacial score (nSPS) is 10.8. The van der Waals surface area contributed by atoms with E-state index in [0.717, 1.165) is 10.5 Å². The lowest BCUT2D eigenvalue weighted by molar-refractivity contribution is -0.157. The number of urea groups is 1. The van der Waals surface area contributed by atoms with Crippen molar-refractivity contribution in [3.63, 3.8) is 0 Å². The van der Waals surface area contributed by atoms with Crippen molar-refractivity contribution in [2.75, 3.05) is 11.9 Å². The van der Waals surface area contributed by atoms with Gasteiger partial charge in [-0.15, -0.1) is 0 Å². The topological polar surface area (TPSA) is 75.7 Å². The molecule has 1 N–H and O–H groups in total. The highest BCUT2D eigenvalue weighted by atomic mass is 16.6. The quantitative estimate of drug-likeness (QED) is 0.871. The number of amides is 3. The first kappa shape index (κ1) is 17.7. The van der Waals surface area contributed by atoms with Crippen molar-refractivity contribution in [1.29, 1.82) is 0 Å². The molecule has 3 amide bonds. The molecular weight excluding hydrogens is 284 g/mol. The summed E-state index contributed by atoms with van der Waals surface area (Å²) in [5, 5.41) is 2.62. The van der Waals surface area contributed by atoms with Crippen molar-refractivity contribution in [3.8, 4) is 0 Å². The second-order valence-corrected chi connectivity index (χ2v) is 5.94. The first-order valence-electron chi connectivity index (χ1n) is 6.96. The molecule has 0 saturated heterocycles. The molecule has 0 fully saturated rings. The van der Waals surface area contributed by atoms with Crippen LogP contribution in [-0.2, 0) is 14.3 Å². The van der Waals surface area contributed by atoms with E-state index in [4.69, 9.17) is 4.74 Å². The van der Waals surface area contributed by atoms with E-state index in [1.165, 1.54) is 6.92 Å². The van der Waals surface area contributed by atoms with Crippen LogP contribution >= 0.6 is 0 Å². The molecular formula is C16H22N2O4. The average molecular weight is 306 g/mol. The summed E-state index contributed by atoms with van der Waals surface area (Å²) in [6, 6.07) is 6.51. The largest absolute Gasteiger partial charge is 0.459 e. The van der Waals surface area contributed by atoms with Crippen molar-refractivity contribution in [1.82, 2.24) is 4.90 Å². The van der Waals surface area contributed by atoms with E-state index in [-0.39, 0.29) is 0 Å². The first-order chi connectivity index (χ1) is 10.1. The Hall–Kier alpha value is -2.37. The second-order valence-electron chi connectivity index (χ2n) is 5.94. The number of hydrogen-bond acceptors (Lipinski definition) is 4. The molecule has 1 aromatic carbocycles. The van der Waals surface area contributed by atoms with Gasteiger partial charge in [-0.05, 0) is 39.3 Å². The Bertz CT molecular complexity index is 576. The first-order valence-corrected chi connectivity index (χ1v) is 6.96. The van der Waals surface area contributed by atoms with Crippen LogP contribution in [0.5, 0.6) is 0 Å². The van der Waals surface area contributed by atoms with Crippen molar-refractivity contribution in [2.45, 2.75) is 40.2 Å². The molecule has 0 aromatic heterocycles. The maximum Gasteiger partial charge on any atom is 0.329 e. The molecule has 6 heteroatoms. The van der Waals surface area contributed by atoms with Gasteiger partial charge in [-0.2, -0.15) is 0 Å². The molecule has 0 atom stereocenters. The minimum Gasteiger partial charge on any atom is -0.459 e. The fourth-order valence-corrected chi connectivity index (χ4v) is 1.72. The van der Waals surface area contributed by atoms with Crippen LogP contribution in [0.1, 0.15) is 33.3 Å². The fraction of sp³-hybridized carbons (Fsp3) is 0.438. The van der Waals surface area contributed by atoms with Crippen LogP contribution in [0.2, 0.25) is 0 Å². The lowest BCUT2D eigenvalue weighted by atomic mass is 10.2. The molecule has 0 radical (unpaired) electrons. The summed E-state index contributed by atoms with van der Waals surface area (Å²) in [6.07, 6.45) is 0. The zero-order valence-corrected chi connectivity index (χ0v) is 13.6. The van der Waals surface area contributed by atoms with Gasteiger partial charge in [0.2, 0.25) is 5.91 Å². The molecule has 22 heavy (non-hydrogen) atoms. The molecule has 0 saturated carbocycles. The average Bonchev–Trinajstić information content (AvgIpc) is 2.36. The highest BCUT2D eigenvalue weighted by Crippen LogP contribution is 2.14. The number of carbonyl (C=O) groups is 3. The van der Waals surface area contributed by atoms with Crippen LogP contribution in [0, 0.1) is 6.92 Å². The summed E-state index contributed by atoms with van der Waals surface area (Å²) in [7, 11) is 0. The Morgan fingerprint density at radius 2 is 1.77 bits per heavy atom. The van der Waals surface area contributed by atoms with Crippen LogP contribution in [0.15, 0.2) is 24.3 Å². The van der Waals surface area contributed by atoms with Crippen LogP contribution in [0.25, 0.3) is 0 Å². The summed E-state index contributed by atoms with van der Waals surface area (Å²) in [4.78, 5) is 36.4. The Kier molecular flexibility index (Phi) is 5.68. The SMILES string of the molecule is CC(=O)N(CC(=O)OC(C)(C)C)C(=O)Nc1ccccc1C. The van der Waals surface area contributed by atoms with Crippen LogP contribution in [-0.4, -0.2) is 35.0 Å². The second kappa shape index (κ2) is 7.06. The Balaban J connectivity index is 2.79. The number of hydrogen-bond donors (Lipinski definition) is 1. The molecule has 0 aliphatic rings. The maximum absolute atomic E-state index is 12.2. The van der Waals surface area contributed by atoms with Gasteiger partial charge in [0.15, 0.2) is 0 Å². The van der Waals surface area contributed by atoms with E-state index in [9.17, 15) is 14.4 Å². The molecule has 1 rings (SSSR count). The number of nitrogens with zero attached hydrogens (tertiary/aromatic N) is 1. The van der Waals surface area contributed by atoms with E-state index >= 15 is 0 Å². The van der Waals surface area contributed by atoms with Crippen LogP contribution in [0.3, 0.4) is 0 Å². The van der Waals surface area contributed by atoms with Crippen LogP contribution < -0.4 is 5.32 Å². The van der Waals surface area contributed by atoms with E-state index in [0.29, 0.717) is 5.69 Å². The number of anilines is 1. The van der Waals surface area contributed by atoms with E-state index in [1.54, 1.807) is 32.9 Å².